The van der Waals surface area contributed by atoms with Gasteiger partial charge >= 0.3 is 601 Å². The minimum atomic E-state index is -0.166. The van der Waals surface area contributed by atoms with E-state index in [2.05, 4.69) is 114 Å². The standard InChI is InChI=1S/C26H13NO2S3Se.C24H11NO2S4Se.C22H11NO2S3Se/c28-23-17-11-14-3-1-2-4-15(14)12-18(17)24(29)19(23)13-16-5-6-22(33-16)27-20-7-9-30-25(20)32-26-21(27)8-10-31-26;26-21-14-9-12-3-6-28-19(12)11-15(14)22(27)16(21)10-13-1-2-20(32-13)25-17-4-7-29-23(17)31-24-18(25)5-8-30-24;24-19-13-3-1-2-4-14(13)20(25)15(19)11-12-5-6-18(29-12)23-16-7-9-26-21(16)28-22-17(23)8-10-27-22/h1-13H;1-11H;1-11H/b;16-10+;. The van der Waals surface area contributed by atoms with Crippen LogP contribution in [0.15, 0.2) is 231 Å². The Labute approximate surface area is 594 Å². The van der Waals surface area contributed by atoms with Gasteiger partial charge in [-0.1, -0.05) is 0 Å². The Kier molecular flexibility index (Phi) is 15.2. The van der Waals surface area contributed by atoms with Gasteiger partial charge in [-0.2, -0.15) is 0 Å². The predicted octanol–water partition coefficient (Wildman–Crippen LogP) is 21.2. The Balaban J connectivity index is 0.000000104. The molecule has 13 heterocycles. The van der Waals surface area contributed by atoms with Crippen LogP contribution < -0.4 is 14.7 Å². The van der Waals surface area contributed by atoms with Crippen molar-refractivity contribution in [3.63, 3.8) is 0 Å². The van der Waals surface area contributed by atoms with Crippen molar-refractivity contribution in [2.24, 2.45) is 0 Å². The second kappa shape index (κ2) is 24.0. The van der Waals surface area contributed by atoms with Crippen LogP contribution in [0, 0.1) is 0 Å². The molecule has 9 nitrogen and oxygen atoms in total. The van der Waals surface area contributed by atoms with E-state index in [-0.39, 0.29) is 89.4 Å². The number of thiophene rings is 7. The van der Waals surface area contributed by atoms with Gasteiger partial charge in [-0.25, -0.2) is 0 Å². The third-order valence-electron chi connectivity index (χ3n) is 16.4. The molecule has 0 atom stereocenters. The second-order valence-electron chi connectivity index (χ2n) is 21.7. The molecule has 20 rings (SSSR count). The van der Waals surface area contributed by atoms with Crippen LogP contribution >= 0.6 is 115 Å². The van der Waals surface area contributed by atoms with Crippen molar-refractivity contribution in [2.75, 3.05) is 14.7 Å². The van der Waals surface area contributed by atoms with Gasteiger partial charge in [-0.05, 0) is 0 Å². The molecule has 4 aromatic carbocycles. The summed E-state index contributed by atoms with van der Waals surface area (Å²) >= 11 is 17.7. The van der Waals surface area contributed by atoms with Crippen molar-refractivity contribution in [3.8, 4) is 0 Å². The molecule has 94 heavy (non-hydrogen) atoms. The molecular formula is C72H35N3O6S10Se3. The average Bonchev–Trinajstić information content (AvgIpc) is 1.64. The first-order valence-electron chi connectivity index (χ1n) is 28.8. The number of fused-ring (bicyclic) bond motifs is 11. The molecule has 3 aliphatic heterocycles. The molecule has 0 N–H and O–H groups in total. The first kappa shape index (κ1) is 59.5. The van der Waals surface area contributed by atoms with Crippen LogP contribution in [0.25, 0.3) is 39.1 Å². The summed E-state index contributed by atoms with van der Waals surface area (Å²) in [5.41, 5.74) is 11.3. The minimum absolute atomic E-state index is 0.00308. The SMILES string of the molecule is O=C1/C(=C\c2ccc(N3c4ccsc4Sc4sccc43)[se]2)C(=O)c2cc3sccc3cc21.O=C1C(=Cc2ccc(N3c4ccsc4Sc4sccc43)[se]2)C(=O)c2cc3ccccc3cc21.O=C1C(=Cc2ccc(N3c4ccsc4Sc4sccc43)[se]2)C(=O)c2ccccc21. The van der Waals surface area contributed by atoms with E-state index in [4.69, 9.17) is 0 Å². The molecule has 452 valence electrons. The number of rotatable bonds is 6. The summed E-state index contributed by atoms with van der Waals surface area (Å²) in [4.78, 5) is 84.8. The van der Waals surface area contributed by atoms with E-state index in [0.717, 1.165) is 34.2 Å². The predicted molar refractivity (Wildman–Crippen MR) is 396 cm³/mol. The number of ketones is 6. The Morgan fingerprint density at radius 2 is 0.564 bits per heavy atom. The van der Waals surface area contributed by atoms with E-state index in [1.807, 2.05) is 113 Å². The fourth-order valence-electron chi connectivity index (χ4n) is 12.0. The summed E-state index contributed by atoms with van der Waals surface area (Å²) < 4.78 is 15.7. The number of carbonyl (C=O) groups is 6. The molecule has 0 bridgehead atoms. The Hall–Kier alpha value is -7.01. The Morgan fingerprint density at radius 3 is 0.904 bits per heavy atom. The third kappa shape index (κ3) is 10.1. The van der Waals surface area contributed by atoms with Crippen molar-refractivity contribution in [1.82, 2.24) is 0 Å². The van der Waals surface area contributed by atoms with Crippen LogP contribution in [-0.2, 0) is 0 Å². The van der Waals surface area contributed by atoms with Gasteiger partial charge in [0.25, 0.3) is 0 Å². The zero-order chi connectivity index (χ0) is 63.0. The van der Waals surface area contributed by atoms with Crippen molar-refractivity contribution >= 4 is 280 Å². The van der Waals surface area contributed by atoms with Crippen LogP contribution in [-0.4, -0.2) is 78.2 Å². The number of allylic oxidation sites excluding steroid dienone is 3. The summed E-state index contributed by atoms with van der Waals surface area (Å²) in [5.74, 6) is -0.963. The maximum atomic E-state index is 13.1. The van der Waals surface area contributed by atoms with E-state index in [1.54, 1.807) is 110 Å². The van der Waals surface area contributed by atoms with E-state index in [1.165, 1.54) is 73.1 Å². The van der Waals surface area contributed by atoms with Crippen LogP contribution in [0.5, 0.6) is 0 Å². The average molecular weight is 1600 g/mol. The van der Waals surface area contributed by atoms with Gasteiger partial charge in [0, 0.05) is 0 Å². The van der Waals surface area contributed by atoms with Gasteiger partial charge in [-0.3, -0.25) is 0 Å². The molecule has 6 aliphatic rings. The number of hydrogen-bond acceptors (Lipinski definition) is 19. The Bertz CT molecular complexity index is 5440. The number of benzene rings is 4. The normalized spacial score (nSPS) is 15.1. The van der Waals surface area contributed by atoms with Crippen molar-refractivity contribution in [3.05, 3.63) is 253 Å². The molecule has 22 heteroatoms. The first-order valence-corrected chi connectivity index (χ1v) is 42.5. The van der Waals surface area contributed by atoms with Crippen LogP contribution in [0.1, 0.15) is 75.5 Å². The van der Waals surface area contributed by atoms with E-state index >= 15 is 0 Å². The Morgan fingerprint density at radius 1 is 0.277 bits per heavy atom. The molecule has 0 spiro atoms. The molecule has 14 aromatic rings. The van der Waals surface area contributed by atoms with Crippen LogP contribution in [0.2, 0.25) is 0 Å². The molecule has 0 saturated carbocycles. The zero-order valence-corrected chi connectivity index (χ0v) is 61.1. The number of hydrogen-bond donors (Lipinski definition) is 0. The molecular weight excluding hydrogens is 1560 g/mol. The third-order valence-corrected chi connectivity index (χ3v) is 33.4. The van der Waals surface area contributed by atoms with E-state index < -0.39 is 0 Å². The molecule has 0 unspecified atom stereocenters. The van der Waals surface area contributed by atoms with Gasteiger partial charge in [0.05, 0.1) is 0 Å². The number of Topliss-reactive ketones (excluding diaryl/α,β-unsaturated/α-hetero) is 6. The molecule has 0 fully saturated rings. The maximum absolute atomic E-state index is 13.1. The number of anilines is 9. The fourth-order valence-corrected chi connectivity index (χ4v) is 28.8. The summed E-state index contributed by atoms with van der Waals surface area (Å²) in [7, 11) is 0. The van der Waals surface area contributed by atoms with Crippen molar-refractivity contribution in [1.29, 1.82) is 0 Å². The van der Waals surface area contributed by atoms with Gasteiger partial charge in [0.1, 0.15) is 0 Å². The van der Waals surface area contributed by atoms with E-state index in [0.29, 0.717) is 39.0 Å². The van der Waals surface area contributed by atoms with Crippen LogP contribution in [0.3, 0.4) is 0 Å². The second-order valence-corrected chi connectivity index (χ2v) is 39.6. The van der Waals surface area contributed by atoms with Gasteiger partial charge < -0.3 is 0 Å². The number of carbonyl (C=O) groups excluding carboxylic acids is 6. The summed E-state index contributed by atoms with van der Waals surface area (Å²) in [6.45, 7) is 0. The fraction of sp³-hybridized carbons (Fsp3) is 0. The molecule has 3 aliphatic carbocycles. The summed E-state index contributed by atoms with van der Waals surface area (Å²) in [6.07, 6.45) is 5.44. The zero-order valence-electron chi connectivity index (χ0n) is 47.8. The molecule has 10 aromatic heterocycles. The molecule has 0 saturated heterocycles. The monoisotopic (exact) mass is 1600 g/mol. The van der Waals surface area contributed by atoms with Crippen LogP contribution in [0.4, 0.5) is 47.8 Å². The van der Waals surface area contributed by atoms with Gasteiger partial charge in [0.2, 0.25) is 0 Å². The van der Waals surface area contributed by atoms with Gasteiger partial charge in [-0.15, -0.1) is 0 Å². The summed E-state index contributed by atoms with van der Waals surface area (Å²) in [5, 5.41) is 17.8. The topological polar surface area (TPSA) is 112 Å². The first-order chi connectivity index (χ1) is 46.0. The van der Waals surface area contributed by atoms with Gasteiger partial charge in [0.15, 0.2) is 0 Å². The number of nitrogens with zero attached hydrogens (tertiary/aromatic N) is 3. The van der Waals surface area contributed by atoms with E-state index in [9.17, 15) is 28.8 Å². The quantitative estimate of drug-likeness (QED) is 0.0897. The van der Waals surface area contributed by atoms with Crippen molar-refractivity contribution < 1.29 is 28.8 Å². The van der Waals surface area contributed by atoms with Crippen molar-refractivity contribution in [2.45, 2.75) is 25.3 Å². The molecule has 0 amide bonds. The molecule has 0 radical (unpaired) electrons. The summed E-state index contributed by atoms with van der Waals surface area (Å²) in [6, 6.07) is 49.9.